The van der Waals surface area contributed by atoms with Crippen molar-refractivity contribution in [3.05, 3.63) is 41.7 Å². The van der Waals surface area contributed by atoms with Gasteiger partial charge in [-0.1, -0.05) is 47.6 Å². The fourth-order valence-electron chi connectivity index (χ4n) is 4.07. The number of rotatable bonds is 20. The number of hydrogen-bond donors (Lipinski definition) is 2. The normalized spacial score (nSPS) is 10.3. The molecule has 3 aromatic rings. The van der Waals surface area contributed by atoms with Crippen LogP contribution in [0.15, 0.2) is 30.6 Å². The third-order valence-corrected chi connectivity index (χ3v) is 6.26. The number of aliphatic hydroxyl groups is 1. The maximum Gasteiger partial charge on any atom is 0.213 e. The highest BCUT2D eigenvalue weighted by Crippen LogP contribution is 2.23. The van der Waals surface area contributed by atoms with Gasteiger partial charge < -0.3 is 39.0 Å². The van der Waals surface area contributed by atoms with Crippen LogP contribution in [0.4, 0.5) is 11.6 Å². The minimum Gasteiger partial charge on any atom is -0.475 e. The number of pyridine rings is 1. The van der Waals surface area contributed by atoms with Gasteiger partial charge in [0.25, 0.3) is 0 Å². The monoisotopic (exact) mass is 650 g/mol. The fourth-order valence-corrected chi connectivity index (χ4v) is 4.07. The van der Waals surface area contributed by atoms with Crippen molar-refractivity contribution in [3.63, 3.8) is 0 Å². The maximum atomic E-state index is 7.57. The number of fused-ring (bicyclic) bond motifs is 1. The van der Waals surface area contributed by atoms with Crippen molar-refractivity contribution in [1.82, 2.24) is 19.6 Å². The van der Waals surface area contributed by atoms with Gasteiger partial charge in [0.15, 0.2) is 11.9 Å². The lowest BCUT2D eigenvalue weighted by Gasteiger charge is -2.22. The van der Waals surface area contributed by atoms with Crippen molar-refractivity contribution in [1.29, 1.82) is 0 Å². The Morgan fingerprint density at radius 2 is 1.57 bits per heavy atom. The van der Waals surface area contributed by atoms with Crippen LogP contribution in [-0.2, 0) is 31.9 Å². The van der Waals surface area contributed by atoms with Crippen LogP contribution in [0, 0.1) is 0 Å². The van der Waals surface area contributed by atoms with Gasteiger partial charge in [-0.2, -0.15) is 9.61 Å². The second-order valence-corrected chi connectivity index (χ2v) is 9.28. The van der Waals surface area contributed by atoms with Gasteiger partial charge in [-0.3, -0.25) is 0 Å². The second-order valence-electron chi connectivity index (χ2n) is 9.28. The van der Waals surface area contributed by atoms with Gasteiger partial charge in [-0.25, -0.2) is 9.97 Å². The summed E-state index contributed by atoms with van der Waals surface area (Å²) in [6.45, 7) is 21.3. The number of nitrogens with one attached hydrogen (secondary N) is 1. The predicted octanol–water partition coefficient (Wildman–Crippen LogP) is 6.01. The zero-order valence-electron chi connectivity index (χ0n) is 30.2. The molecule has 12 nitrogen and oxygen atoms in total. The minimum absolute atomic E-state index is 0.235. The molecule has 0 aliphatic heterocycles. The molecule has 0 amide bonds. The SMILES string of the molecule is CC.CC.CCCN(CC)c1cc(NCc2ccc(OCCOCCOCCC(OC)OC)nc2)n2ncc(CC)c2n1.CCO. The largest absolute Gasteiger partial charge is 0.475 e. The molecule has 0 radical (unpaired) electrons. The average molecular weight is 651 g/mol. The summed E-state index contributed by atoms with van der Waals surface area (Å²) < 4.78 is 28.9. The molecule has 0 bridgehead atoms. The van der Waals surface area contributed by atoms with E-state index in [0.29, 0.717) is 51.9 Å². The molecule has 2 N–H and O–H groups in total. The van der Waals surface area contributed by atoms with Gasteiger partial charge in [-0.15, -0.1) is 0 Å². The van der Waals surface area contributed by atoms with Crippen molar-refractivity contribution in [2.24, 2.45) is 0 Å². The zero-order valence-corrected chi connectivity index (χ0v) is 30.2. The summed E-state index contributed by atoms with van der Waals surface area (Å²) in [5.74, 6) is 2.43. The molecule has 0 saturated heterocycles. The van der Waals surface area contributed by atoms with Crippen LogP contribution in [0.25, 0.3) is 5.65 Å². The number of anilines is 2. The van der Waals surface area contributed by atoms with Crippen LogP contribution in [0.1, 0.15) is 79.4 Å². The molecule has 0 spiro atoms. The lowest BCUT2D eigenvalue weighted by Crippen LogP contribution is -2.25. The van der Waals surface area contributed by atoms with Gasteiger partial charge in [-0.05, 0) is 32.3 Å². The Bertz CT molecular complexity index is 1110. The van der Waals surface area contributed by atoms with E-state index in [-0.39, 0.29) is 12.9 Å². The van der Waals surface area contributed by atoms with Crippen molar-refractivity contribution in [3.8, 4) is 5.88 Å². The number of aliphatic hydroxyl groups excluding tert-OH is 1. The average Bonchev–Trinajstić information content (AvgIpc) is 3.53. The van der Waals surface area contributed by atoms with Crippen LogP contribution in [0.5, 0.6) is 5.88 Å². The summed E-state index contributed by atoms with van der Waals surface area (Å²) in [5, 5.41) is 15.7. The minimum atomic E-state index is -0.235. The summed E-state index contributed by atoms with van der Waals surface area (Å²) in [4.78, 5) is 11.7. The smallest absolute Gasteiger partial charge is 0.213 e. The molecule has 0 aliphatic rings. The number of ether oxygens (including phenoxy) is 5. The Kier molecular flexibility index (Phi) is 26.4. The Balaban J connectivity index is 0.00000268. The molecule has 0 aromatic carbocycles. The van der Waals surface area contributed by atoms with Crippen LogP contribution in [0.2, 0.25) is 0 Å². The van der Waals surface area contributed by atoms with Gasteiger partial charge in [0, 0.05) is 70.8 Å². The molecule has 3 heterocycles. The van der Waals surface area contributed by atoms with Gasteiger partial charge in [0.1, 0.15) is 18.2 Å². The van der Waals surface area contributed by atoms with E-state index >= 15 is 0 Å². The Morgan fingerprint density at radius 1 is 0.913 bits per heavy atom. The Morgan fingerprint density at radius 3 is 2.13 bits per heavy atom. The number of hydrogen-bond acceptors (Lipinski definition) is 11. The number of aromatic nitrogens is 4. The highest BCUT2D eigenvalue weighted by molar-refractivity contribution is 5.61. The van der Waals surface area contributed by atoms with Crippen molar-refractivity contribution < 1.29 is 28.8 Å². The molecule has 46 heavy (non-hydrogen) atoms. The maximum absolute atomic E-state index is 7.57. The van der Waals surface area contributed by atoms with E-state index < -0.39 is 0 Å². The highest BCUT2D eigenvalue weighted by Gasteiger charge is 2.14. The third kappa shape index (κ3) is 16.0. The van der Waals surface area contributed by atoms with Gasteiger partial charge in [0.2, 0.25) is 5.88 Å². The van der Waals surface area contributed by atoms with E-state index in [1.165, 1.54) is 0 Å². The van der Waals surface area contributed by atoms with Crippen molar-refractivity contribution in [2.45, 2.75) is 87.5 Å². The molecular formula is C34H62N6O6. The first-order valence-electron chi connectivity index (χ1n) is 16.8. The molecule has 0 aliphatic carbocycles. The molecule has 264 valence electrons. The Labute approximate surface area is 277 Å². The van der Waals surface area contributed by atoms with Crippen molar-refractivity contribution >= 4 is 17.3 Å². The summed E-state index contributed by atoms with van der Waals surface area (Å²) >= 11 is 0. The second kappa shape index (κ2) is 28.2. The van der Waals surface area contributed by atoms with E-state index in [4.69, 9.17) is 33.8 Å². The molecule has 0 fully saturated rings. The standard InChI is InChI=1S/C28H44N6O5.C2H6O.2C2H6/c1-6-12-33(8-3)25-18-24(34-28(32-25)23(7-2)21-31-34)29-19-22-9-10-26(30-20-22)39-17-16-38-15-14-37-13-11-27(35-4)36-5;1-2-3;2*1-2/h9-10,18,20-21,27,29H,6-8,11-17,19H2,1-5H3;3H,2H2,1H3;2*1-2H3. The van der Waals surface area contributed by atoms with Crippen LogP contribution >= 0.6 is 0 Å². The first-order valence-corrected chi connectivity index (χ1v) is 16.8. The summed E-state index contributed by atoms with van der Waals surface area (Å²) in [6, 6.07) is 5.95. The summed E-state index contributed by atoms with van der Waals surface area (Å²) in [7, 11) is 3.23. The number of nitrogens with zero attached hydrogens (tertiary/aromatic N) is 5. The zero-order chi connectivity index (χ0) is 34.6. The molecule has 0 atom stereocenters. The molecule has 3 aromatic heterocycles. The van der Waals surface area contributed by atoms with E-state index in [0.717, 1.165) is 54.3 Å². The van der Waals surface area contributed by atoms with Crippen LogP contribution < -0.4 is 15.0 Å². The quantitative estimate of drug-likeness (QED) is 0.110. The lowest BCUT2D eigenvalue weighted by atomic mass is 10.2. The molecule has 12 heteroatoms. The molecule has 0 unspecified atom stereocenters. The fraction of sp³-hybridized carbons (Fsp3) is 0.676. The Hall–Kier alpha value is -3.03. The van der Waals surface area contributed by atoms with Crippen LogP contribution in [-0.4, -0.2) is 97.9 Å². The van der Waals surface area contributed by atoms with Gasteiger partial charge >= 0.3 is 0 Å². The topological polar surface area (TPSA) is 125 Å². The number of methoxy groups -OCH3 is 2. The third-order valence-electron chi connectivity index (χ3n) is 6.26. The lowest BCUT2D eigenvalue weighted by molar-refractivity contribution is -0.116. The van der Waals surface area contributed by atoms with Crippen molar-refractivity contribution in [2.75, 3.05) is 77.2 Å². The first-order chi connectivity index (χ1) is 22.5. The molecule has 3 rings (SSSR count). The summed E-state index contributed by atoms with van der Waals surface area (Å²) in [5.41, 5.74) is 3.07. The highest BCUT2D eigenvalue weighted by atomic mass is 16.7. The van der Waals surface area contributed by atoms with E-state index in [1.807, 2.05) is 56.7 Å². The van der Waals surface area contributed by atoms with E-state index in [2.05, 4.69) is 47.1 Å². The molecule has 0 saturated carbocycles. The number of aryl methyl sites for hydroxylation is 1. The first kappa shape index (κ1) is 43.0. The van der Waals surface area contributed by atoms with Crippen LogP contribution in [0.3, 0.4) is 0 Å². The summed E-state index contributed by atoms with van der Waals surface area (Å²) in [6.07, 6.45) is 6.11. The molecular weight excluding hydrogens is 588 g/mol. The predicted molar refractivity (Wildman–Crippen MR) is 187 cm³/mol. The van der Waals surface area contributed by atoms with Gasteiger partial charge in [0.05, 0.1) is 32.6 Å². The van der Waals surface area contributed by atoms with E-state index in [9.17, 15) is 0 Å². The van der Waals surface area contributed by atoms with E-state index in [1.54, 1.807) is 21.1 Å².